The Labute approximate surface area is 160 Å². The van der Waals surface area contributed by atoms with Crippen LogP contribution < -0.4 is 10.6 Å². The molecule has 8 nitrogen and oxygen atoms in total. The third kappa shape index (κ3) is 5.54. The van der Waals surface area contributed by atoms with Gasteiger partial charge in [0.15, 0.2) is 0 Å². The Bertz CT molecular complexity index is 641. The maximum atomic E-state index is 12.5. The Morgan fingerprint density at radius 2 is 2.04 bits per heavy atom. The van der Waals surface area contributed by atoms with Gasteiger partial charge < -0.3 is 19.8 Å². The second-order valence-electron chi connectivity index (χ2n) is 7.24. The molecule has 2 aliphatic rings. The highest BCUT2D eigenvalue weighted by Gasteiger charge is 2.37. The van der Waals surface area contributed by atoms with E-state index in [0.717, 1.165) is 24.6 Å². The largest absolute Gasteiger partial charge is 0.465 e. The summed E-state index contributed by atoms with van der Waals surface area (Å²) in [5, 5.41) is 6.00. The number of likely N-dealkylation sites (tertiary alicyclic amines) is 1. The van der Waals surface area contributed by atoms with E-state index < -0.39 is 0 Å². The van der Waals surface area contributed by atoms with Gasteiger partial charge in [0.05, 0.1) is 32.3 Å². The van der Waals surface area contributed by atoms with E-state index in [1.807, 2.05) is 26.0 Å². The number of hydrogen-bond donors (Lipinski definition) is 2. The van der Waals surface area contributed by atoms with Gasteiger partial charge in [-0.1, -0.05) is 0 Å². The summed E-state index contributed by atoms with van der Waals surface area (Å²) in [6.45, 7) is 8.89. The van der Waals surface area contributed by atoms with Crippen LogP contribution in [0, 0.1) is 6.92 Å². The van der Waals surface area contributed by atoms with Gasteiger partial charge in [-0.3, -0.25) is 19.4 Å². The fraction of sp³-hybridized carbons (Fsp3) is 0.684. The Morgan fingerprint density at radius 1 is 1.26 bits per heavy atom. The number of likely N-dealkylation sites (N-methyl/N-ethyl adjacent to an activating group) is 1. The van der Waals surface area contributed by atoms with Crippen molar-refractivity contribution in [3.63, 3.8) is 0 Å². The minimum Gasteiger partial charge on any atom is -0.465 e. The smallest absolute Gasteiger partial charge is 0.237 e. The predicted octanol–water partition coefficient (Wildman–Crippen LogP) is 0.115. The Balaban J connectivity index is 1.57. The molecule has 2 saturated heterocycles. The van der Waals surface area contributed by atoms with E-state index in [1.165, 1.54) is 0 Å². The molecule has 150 valence electrons. The van der Waals surface area contributed by atoms with Crippen LogP contribution in [-0.4, -0.2) is 79.6 Å². The molecule has 2 N–H and O–H groups in total. The highest BCUT2D eigenvalue weighted by atomic mass is 16.5. The monoisotopic (exact) mass is 378 g/mol. The zero-order valence-electron chi connectivity index (χ0n) is 16.2. The van der Waals surface area contributed by atoms with Crippen LogP contribution in [0.1, 0.15) is 24.9 Å². The maximum absolute atomic E-state index is 12.5. The van der Waals surface area contributed by atoms with E-state index in [0.29, 0.717) is 45.8 Å². The predicted molar refractivity (Wildman–Crippen MR) is 100 cm³/mol. The maximum Gasteiger partial charge on any atom is 0.237 e. The minimum absolute atomic E-state index is 0.00528. The molecular formula is C19H30N4O4. The molecule has 0 radical (unpaired) electrons. The molecule has 0 aromatic carbocycles. The third-order valence-electron chi connectivity index (χ3n) is 5.05. The summed E-state index contributed by atoms with van der Waals surface area (Å²) < 4.78 is 11.0. The van der Waals surface area contributed by atoms with Gasteiger partial charge >= 0.3 is 0 Å². The highest BCUT2D eigenvalue weighted by Crippen LogP contribution is 2.22. The van der Waals surface area contributed by atoms with Crippen LogP contribution in [0.25, 0.3) is 0 Å². The average Bonchev–Trinajstić information content (AvgIpc) is 3.22. The number of rotatable bonds is 7. The lowest BCUT2D eigenvalue weighted by Gasteiger charge is -2.26. The molecular weight excluding hydrogens is 348 g/mol. The molecule has 3 heterocycles. The van der Waals surface area contributed by atoms with Crippen molar-refractivity contribution in [3.05, 3.63) is 23.7 Å². The highest BCUT2D eigenvalue weighted by molar-refractivity contribution is 5.83. The third-order valence-corrected chi connectivity index (χ3v) is 5.05. The number of carbonyl (C=O) groups is 2. The molecule has 1 aromatic heterocycles. The van der Waals surface area contributed by atoms with E-state index in [2.05, 4.69) is 20.4 Å². The molecule has 0 spiro atoms. The summed E-state index contributed by atoms with van der Waals surface area (Å²) in [7, 11) is 0. The number of carbonyl (C=O) groups excluding carboxylic acids is 2. The van der Waals surface area contributed by atoms with E-state index >= 15 is 0 Å². The molecule has 8 heteroatoms. The Kier molecular flexibility index (Phi) is 6.87. The zero-order chi connectivity index (χ0) is 19.2. The number of ether oxygens (including phenoxy) is 1. The number of amides is 2. The summed E-state index contributed by atoms with van der Waals surface area (Å²) in [5.74, 6) is 1.70. The molecule has 27 heavy (non-hydrogen) atoms. The van der Waals surface area contributed by atoms with E-state index in [4.69, 9.17) is 9.15 Å². The van der Waals surface area contributed by atoms with Crippen molar-refractivity contribution in [2.24, 2.45) is 0 Å². The summed E-state index contributed by atoms with van der Waals surface area (Å²) >= 11 is 0. The van der Waals surface area contributed by atoms with Crippen molar-refractivity contribution in [1.82, 2.24) is 20.4 Å². The van der Waals surface area contributed by atoms with Crippen LogP contribution in [-0.2, 0) is 20.9 Å². The average molecular weight is 378 g/mol. The normalized spacial score (nSPS) is 24.1. The van der Waals surface area contributed by atoms with Crippen molar-refractivity contribution >= 4 is 11.8 Å². The second kappa shape index (κ2) is 9.34. The van der Waals surface area contributed by atoms with Gasteiger partial charge in [0.1, 0.15) is 11.5 Å². The van der Waals surface area contributed by atoms with Crippen LogP contribution in [0.3, 0.4) is 0 Å². The molecule has 3 rings (SSSR count). The first-order valence-electron chi connectivity index (χ1n) is 9.71. The zero-order valence-corrected chi connectivity index (χ0v) is 16.2. The summed E-state index contributed by atoms with van der Waals surface area (Å²) in [4.78, 5) is 29.1. The number of morpholine rings is 1. The molecule has 2 aliphatic heterocycles. The lowest BCUT2D eigenvalue weighted by atomic mass is 10.1. The molecule has 0 aliphatic carbocycles. The van der Waals surface area contributed by atoms with Crippen molar-refractivity contribution in [2.45, 2.75) is 38.9 Å². The van der Waals surface area contributed by atoms with Gasteiger partial charge in [0.25, 0.3) is 0 Å². The fourth-order valence-electron chi connectivity index (χ4n) is 3.75. The van der Waals surface area contributed by atoms with Gasteiger partial charge in [-0.15, -0.1) is 0 Å². The molecule has 0 bridgehead atoms. The standard InChI is InChI=1S/C19H30N4O4/c1-3-20-19(25)17-10-15(11-23(17)12-16-5-4-14(2)27-16)21-18(24)13-22-6-8-26-9-7-22/h4-5,15,17H,3,6-13H2,1-2H3,(H,20,25)(H,21,24)/t15-,17+/m1/s1. The molecule has 2 fully saturated rings. The summed E-state index contributed by atoms with van der Waals surface area (Å²) in [5.41, 5.74) is 0. The lowest BCUT2D eigenvalue weighted by Crippen LogP contribution is -2.46. The van der Waals surface area contributed by atoms with Crippen LogP contribution in [0.5, 0.6) is 0 Å². The van der Waals surface area contributed by atoms with Gasteiger partial charge in [-0.2, -0.15) is 0 Å². The molecule has 2 amide bonds. The molecule has 1 aromatic rings. The number of hydrogen-bond acceptors (Lipinski definition) is 6. The molecule has 2 atom stereocenters. The number of aryl methyl sites for hydroxylation is 1. The summed E-state index contributed by atoms with van der Waals surface area (Å²) in [6.07, 6.45) is 0.611. The lowest BCUT2D eigenvalue weighted by molar-refractivity contribution is -0.126. The number of nitrogens with zero attached hydrogens (tertiary/aromatic N) is 2. The molecule has 0 saturated carbocycles. The summed E-state index contributed by atoms with van der Waals surface area (Å²) in [6, 6.07) is 3.56. The quantitative estimate of drug-likeness (QED) is 0.701. The van der Waals surface area contributed by atoms with E-state index in [-0.39, 0.29) is 23.9 Å². The first-order chi connectivity index (χ1) is 13.0. The van der Waals surface area contributed by atoms with Crippen molar-refractivity contribution in [2.75, 3.05) is 45.9 Å². The van der Waals surface area contributed by atoms with Gasteiger partial charge in [-0.05, 0) is 32.4 Å². The fourth-order valence-corrected chi connectivity index (χ4v) is 3.75. The number of nitrogens with one attached hydrogen (secondary N) is 2. The minimum atomic E-state index is -0.260. The van der Waals surface area contributed by atoms with Gasteiger partial charge in [-0.25, -0.2) is 0 Å². The topological polar surface area (TPSA) is 87.0 Å². The van der Waals surface area contributed by atoms with E-state index in [9.17, 15) is 9.59 Å². The van der Waals surface area contributed by atoms with Gasteiger partial charge in [0.2, 0.25) is 11.8 Å². The van der Waals surface area contributed by atoms with Crippen molar-refractivity contribution in [1.29, 1.82) is 0 Å². The van der Waals surface area contributed by atoms with E-state index in [1.54, 1.807) is 0 Å². The van der Waals surface area contributed by atoms with Crippen molar-refractivity contribution < 1.29 is 18.7 Å². The van der Waals surface area contributed by atoms with Gasteiger partial charge in [0, 0.05) is 32.2 Å². The first kappa shape index (κ1) is 19.9. The van der Waals surface area contributed by atoms with Crippen LogP contribution in [0.4, 0.5) is 0 Å². The Hall–Kier alpha value is -1.90. The first-order valence-corrected chi connectivity index (χ1v) is 9.71. The van der Waals surface area contributed by atoms with Crippen LogP contribution in [0.2, 0.25) is 0 Å². The van der Waals surface area contributed by atoms with Crippen LogP contribution >= 0.6 is 0 Å². The Morgan fingerprint density at radius 3 is 2.70 bits per heavy atom. The van der Waals surface area contributed by atoms with Crippen LogP contribution in [0.15, 0.2) is 16.5 Å². The second-order valence-corrected chi connectivity index (χ2v) is 7.24. The van der Waals surface area contributed by atoms with Crippen molar-refractivity contribution in [3.8, 4) is 0 Å². The molecule has 0 unspecified atom stereocenters. The number of furan rings is 1. The SMILES string of the molecule is CCNC(=O)[C@@H]1C[C@@H](NC(=O)CN2CCOCC2)CN1Cc1ccc(C)o1.